The van der Waals surface area contributed by atoms with Crippen molar-refractivity contribution in [2.45, 2.75) is 25.6 Å². The van der Waals surface area contributed by atoms with E-state index in [0.717, 1.165) is 11.3 Å². The van der Waals surface area contributed by atoms with Gasteiger partial charge in [-0.3, -0.25) is 4.79 Å². The molecule has 0 bridgehead atoms. The number of rotatable bonds is 4. The quantitative estimate of drug-likeness (QED) is 0.772. The van der Waals surface area contributed by atoms with Gasteiger partial charge in [-0.05, 0) is 26.0 Å². The highest BCUT2D eigenvalue weighted by atomic mass is 35.5. The molecule has 0 aliphatic carbocycles. The molecule has 1 aromatic carbocycles. The van der Waals surface area contributed by atoms with Crippen molar-refractivity contribution < 1.29 is 4.79 Å². The molecule has 0 radical (unpaired) electrons. The first-order chi connectivity index (χ1) is 8.06. The smallest absolute Gasteiger partial charge is 0.244 e. The van der Waals surface area contributed by atoms with Crippen molar-refractivity contribution in [2.24, 2.45) is 0 Å². The van der Waals surface area contributed by atoms with Gasteiger partial charge in [-0.2, -0.15) is 5.26 Å². The summed E-state index contributed by atoms with van der Waals surface area (Å²) >= 11 is 5.81. The summed E-state index contributed by atoms with van der Waals surface area (Å²) in [6, 6.07) is 9.63. The van der Waals surface area contributed by atoms with Crippen molar-refractivity contribution in [3.05, 3.63) is 29.8 Å². The van der Waals surface area contributed by atoms with E-state index in [4.69, 9.17) is 16.9 Å². The summed E-state index contributed by atoms with van der Waals surface area (Å²) in [7, 11) is 0. The van der Waals surface area contributed by atoms with E-state index in [1.807, 2.05) is 37.3 Å². The summed E-state index contributed by atoms with van der Waals surface area (Å²) in [5.41, 5.74) is 1.91. The minimum atomic E-state index is -0.588. The third kappa shape index (κ3) is 3.76. The molecule has 0 saturated heterocycles. The van der Waals surface area contributed by atoms with Gasteiger partial charge < -0.3 is 4.90 Å². The van der Waals surface area contributed by atoms with E-state index in [1.165, 1.54) is 0 Å². The van der Waals surface area contributed by atoms with Crippen LogP contribution in [0.15, 0.2) is 24.3 Å². The molecule has 4 heteroatoms. The zero-order valence-electron chi connectivity index (χ0n) is 9.98. The maximum Gasteiger partial charge on any atom is 0.244 e. The van der Waals surface area contributed by atoms with Gasteiger partial charge in [-0.25, -0.2) is 0 Å². The summed E-state index contributed by atoms with van der Waals surface area (Å²) < 4.78 is 0. The van der Waals surface area contributed by atoms with Gasteiger partial charge in [0.05, 0.1) is 12.5 Å². The van der Waals surface area contributed by atoms with Crippen LogP contribution in [0.4, 0.5) is 5.69 Å². The Hall–Kier alpha value is -1.53. The SMILES string of the molecule is Cc1ccc(N(CCC#N)C(=O)[C@@H](C)Cl)cc1. The second kappa shape index (κ2) is 6.27. The van der Waals surface area contributed by atoms with Crippen LogP contribution >= 0.6 is 11.6 Å². The average molecular weight is 251 g/mol. The predicted molar refractivity (Wildman–Crippen MR) is 69.1 cm³/mol. The van der Waals surface area contributed by atoms with Crippen LogP contribution in [0.25, 0.3) is 0 Å². The molecule has 90 valence electrons. The number of aryl methyl sites for hydroxylation is 1. The molecule has 17 heavy (non-hydrogen) atoms. The average Bonchev–Trinajstić information content (AvgIpc) is 2.31. The zero-order chi connectivity index (χ0) is 12.8. The maximum absolute atomic E-state index is 11.9. The van der Waals surface area contributed by atoms with Crippen molar-refractivity contribution in [3.8, 4) is 6.07 Å². The summed E-state index contributed by atoms with van der Waals surface area (Å²) in [6.07, 6.45) is 0.295. The van der Waals surface area contributed by atoms with Gasteiger partial charge in [0.15, 0.2) is 0 Å². The van der Waals surface area contributed by atoms with Crippen LogP contribution in [0.5, 0.6) is 0 Å². The van der Waals surface area contributed by atoms with Gasteiger partial charge in [-0.15, -0.1) is 11.6 Å². The topological polar surface area (TPSA) is 44.1 Å². The lowest BCUT2D eigenvalue weighted by atomic mass is 10.2. The van der Waals surface area contributed by atoms with Gasteiger partial charge in [0.1, 0.15) is 5.38 Å². The van der Waals surface area contributed by atoms with E-state index < -0.39 is 5.38 Å². The monoisotopic (exact) mass is 250 g/mol. The molecule has 0 fully saturated rings. The molecule has 0 aromatic heterocycles. The van der Waals surface area contributed by atoms with Gasteiger partial charge in [0, 0.05) is 12.2 Å². The Labute approximate surface area is 107 Å². The maximum atomic E-state index is 11.9. The second-order valence-electron chi connectivity index (χ2n) is 3.85. The molecular weight excluding hydrogens is 236 g/mol. The van der Waals surface area contributed by atoms with Gasteiger partial charge in [0.2, 0.25) is 5.91 Å². The number of nitrogens with zero attached hydrogens (tertiary/aromatic N) is 2. The zero-order valence-corrected chi connectivity index (χ0v) is 10.7. The molecule has 0 heterocycles. The Balaban J connectivity index is 2.94. The Kier molecular flexibility index (Phi) is 4.99. The number of carbonyl (C=O) groups excluding carboxylic acids is 1. The van der Waals surface area contributed by atoms with Crippen LogP contribution in [-0.4, -0.2) is 17.8 Å². The Morgan fingerprint density at radius 2 is 2.06 bits per heavy atom. The number of carbonyl (C=O) groups is 1. The van der Waals surface area contributed by atoms with Crippen molar-refractivity contribution in [3.63, 3.8) is 0 Å². The van der Waals surface area contributed by atoms with Crippen molar-refractivity contribution >= 4 is 23.2 Å². The first-order valence-corrected chi connectivity index (χ1v) is 5.89. The Morgan fingerprint density at radius 1 is 1.47 bits per heavy atom. The summed E-state index contributed by atoms with van der Waals surface area (Å²) in [5, 5.41) is 8.02. The number of benzene rings is 1. The highest BCUT2D eigenvalue weighted by Gasteiger charge is 2.19. The van der Waals surface area contributed by atoms with Gasteiger partial charge >= 0.3 is 0 Å². The van der Waals surface area contributed by atoms with E-state index >= 15 is 0 Å². The fraction of sp³-hybridized carbons (Fsp3) is 0.385. The molecular formula is C13H15ClN2O. The first-order valence-electron chi connectivity index (χ1n) is 5.45. The number of hydrogen-bond donors (Lipinski definition) is 0. The van der Waals surface area contributed by atoms with Gasteiger partial charge in [-0.1, -0.05) is 17.7 Å². The molecule has 0 saturated carbocycles. The molecule has 1 aromatic rings. The van der Waals surface area contributed by atoms with E-state index in [1.54, 1.807) is 11.8 Å². The number of halogens is 1. The normalized spacial score (nSPS) is 11.6. The van der Waals surface area contributed by atoms with Crippen LogP contribution < -0.4 is 4.90 Å². The fourth-order valence-corrected chi connectivity index (χ4v) is 1.59. The molecule has 0 N–H and O–H groups in total. The third-order valence-electron chi connectivity index (χ3n) is 2.40. The summed E-state index contributed by atoms with van der Waals surface area (Å²) in [5.74, 6) is -0.175. The third-order valence-corrected chi connectivity index (χ3v) is 2.59. The van der Waals surface area contributed by atoms with Crippen molar-refractivity contribution in [1.82, 2.24) is 0 Å². The molecule has 1 rings (SSSR count). The lowest BCUT2D eigenvalue weighted by molar-refractivity contribution is -0.118. The lowest BCUT2D eigenvalue weighted by Crippen LogP contribution is -2.36. The molecule has 0 unspecified atom stereocenters. The largest absolute Gasteiger partial charge is 0.310 e. The fourth-order valence-electron chi connectivity index (χ4n) is 1.47. The number of amides is 1. The minimum absolute atomic E-state index is 0.175. The summed E-state index contributed by atoms with van der Waals surface area (Å²) in [4.78, 5) is 13.5. The van der Waals surface area contributed by atoms with Crippen LogP contribution in [0.1, 0.15) is 18.9 Å². The number of nitriles is 1. The van der Waals surface area contributed by atoms with Crippen LogP contribution in [-0.2, 0) is 4.79 Å². The van der Waals surface area contributed by atoms with Crippen molar-refractivity contribution in [1.29, 1.82) is 5.26 Å². The molecule has 0 aliphatic rings. The summed E-state index contributed by atoms with van der Waals surface area (Å²) in [6.45, 7) is 3.99. The highest BCUT2D eigenvalue weighted by molar-refractivity contribution is 6.32. The molecule has 1 amide bonds. The van der Waals surface area contributed by atoms with E-state index in [0.29, 0.717) is 13.0 Å². The predicted octanol–water partition coefficient (Wildman–Crippen LogP) is 2.87. The Morgan fingerprint density at radius 3 is 2.53 bits per heavy atom. The molecule has 0 aliphatic heterocycles. The molecule has 3 nitrogen and oxygen atoms in total. The van der Waals surface area contributed by atoms with E-state index in [2.05, 4.69) is 0 Å². The standard InChI is InChI=1S/C13H15ClN2O/c1-10-4-6-12(7-5-10)16(9-3-8-15)13(17)11(2)14/h4-7,11H,3,9H2,1-2H3/t11-/m1/s1. The number of hydrogen-bond acceptors (Lipinski definition) is 2. The van der Waals surface area contributed by atoms with Crippen LogP contribution in [0.3, 0.4) is 0 Å². The number of anilines is 1. The highest BCUT2D eigenvalue weighted by Crippen LogP contribution is 2.17. The lowest BCUT2D eigenvalue weighted by Gasteiger charge is -2.23. The van der Waals surface area contributed by atoms with Gasteiger partial charge in [0.25, 0.3) is 0 Å². The van der Waals surface area contributed by atoms with E-state index in [-0.39, 0.29) is 5.91 Å². The molecule has 0 spiro atoms. The Bertz CT molecular complexity index is 420. The minimum Gasteiger partial charge on any atom is -0.310 e. The first kappa shape index (κ1) is 13.5. The van der Waals surface area contributed by atoms with Crippen molar-refractivity contribution in [2.75, 3.05) is 11.4 Å². The second-order valence-corrected chi connectivity index (χ2v) is 4.50. The van der Waals surface area contributed by atoms with Crippen LogP contribution in [0.2, 0.25) is 0 Å². The molecule has 1 atom stereocenters. The van der Waals surface area contributed by atoms with Crippen LogP contribution in [0, 0.1) is 18.3 Å². The number of alkyl halides is 1. The van der Waals surface area contributed by atoms with E-state index in [9.17, 15) is 4.79 Å².